The molecule has 0 saturated carbocycles. The van der Waals surface area contributed by atoms with E-state index in [0.29, 0.717) is 21.9 Å². The van der Waals surface area contributed by atoms with Gasteiger partial charge in [-0.05, 0) is 79.5 Å². The van der Waals surface area contributed by atoms with Crippen molar-refractivity contribution in [3.63, 3.8) is 0 Å². The van der Waals surface area contributed by atoms with Gasteiger partial charge in [0.25, 0.3) is 0 Å². The van der Waals surface area contributed by atoms with Crippen molar-refractivity contribution in [1.82, 2.24) is 0 Å². The first-order chi connectivity index (χ1) is 32.2. The molecule has 0 unspecified atom stereocenters. The van der Waals surface area contributed by atoms with Crippen molar-refractivity contribution in [2.45, 2.75) is 5.41 Å². The molecule has 0 atom stereocenters. The zero-order chi connectivity index (χ0) is 48.6. The van der Waals surface area contributed by atoms with Crippen molar-refractivity contribution in [3.05, 3.63) is 192 Å². The van der Waals surface area contributed by atoms with Crippen molar-refractivity contribution >= 4 is 32.7 Å². The van der Waals surface area contributed by atoms with Crippen molar-refractivity contribution in [3.8, 4) is 44.9 Å². The van der Waals surface area contributed by atoms with Crippen LogP contribution in [0, 0.1) is 0 Å². The quantitative estimate of drug-likeness (QED) is 0.187. The molecule has 8 aromatic carbocycles. The molecule has 1 spiro atoms. The van der Waals surface area contributed by atoms with Crippen LogP contribution in [0.3, 0.4) is 0 Å². The Balaban J connectivity index is 1.36. The third kappa shape index (κ3) is 3.50. The minimum atomic E-state index is -2.74. The highest BCUT2D eigenvalue weighted by atomic mass is 16.5. The van der Waals surface area contributed by atoms with Gasteiger partial charge in [-0.3, -0.25) is 0 Å². The molecule has 49 heavy (non-hydrogen) atoms. The second kappa shape index (κ2) is 9.82. The van der Waals surface area contributed by atoms with Gasteiger partial charge in [0.2, 0.25) is 0 Å². The Morgan fingerprint density at radius 1 is 0.449 bits per heavy atom. The first-order valence-corrected chi connectivity index (χ1v) is 15.3. The third-order valence-corrected chi connectivity index (χ3v) is 9.35. The smallest absolute Gasteiger partial charge is 0.136 e. The van der Waals surface area contributed by atoms with E-state index >= 15 is 0 Å². The van der Waals surface area contributed by atoms with Crippen LogP contribution in [-0.2, 0) is 5.41 Å². The summed E-state index contributed by atoms with van der Waals surface area (Å²) in [6.45, 7) is 0. The van der Waals surface area contributed by atoms with Crippen LogP contribution in [0.5, 0.6) is 11.5 Å². The predicted molar refractivity (Wildman–Crippen MR) is 199 cm³/mol. The van der Waals surface area contributed by atoms with E-state index < -0.39 is 176 Å². The van der Waals surface area contributed by atoms with Crippen LogP contribution in [0.4, 0.5) is 0 Å². The molecule has 2 nitrogen and oxygen atoms in total. The van der Waals surface area contributed by atoms with Crippen molar-refractivity contribution in [2.24, 2.45) is 0 Å². The maximum Gasteiger partial charge on any atom is 0.136 e. The Kier molecular flexibility index (Phi) is 2.88. The fraction of sp³-hybridized carbons (Fsp3) is 0.0213. The normalized spacial score (nSPS) is 19.1. The summed E-state index contributed by atoms with van der Waals surface area (Å²) < 4.78 is 188. The minimum absolute atomic E-state index is 0.199. The largest absolute Gasteiger partial charge is 0.457 e. The number of ether oxygens (including phenoxy) is 1. The number of fused-ring (bicyclic) bond motifs is 14. The monoisotopic (exact) mass is 643 g/mol. The standard InChI is InChI=1S/C47H28O2/c1-2-14-32-29(12-1)25-27-43-45(32)46-36(18-11-23-42(46)49-43)33-15-4-3-13-31(33)30-24-26-40-44(28-30)48-41-22-10-9-21-39(41)47(40)37-19-7-5-16-34(37)35-17-6-8-20-38(35)47/h1-28H/i3D,4D,5D,6D,7D,8D,9D,10D,13D,15D,16D,17D,19D,20D,21D,22D,24D,26D,28D. The molecule has 2 heteroatoms. The van der Waals surface area contributed by atoms with Crippen LogP contribution in [0.15, 0.2) is 174 Å². The maximum atomic E-state index is 10.0. The van der Waals surface area contributed by atoms with E-state index in [1.807, 2.05) is 30.3 Å². The lowest BCUT2D eigenvalue weighted by Crippen LogP contribution is -2.32. The van der Waals surface area contributed by atoms with Crippen LogP contribution in [-0.4, -0.2) is 0 Å². The van der Waals surface area contributed by atoms with Gasteiger partial charge in [0.1, 0.15) is 22.7 Å². The molecule has 0 amide bonds. The lowest BCUT2D eigenvalue weighted by atomic mass is 9.66. The Labute approximate surface area is 310 Å². The molecule has 0 N–H and O–H groups in total. The van der Waals surface area contributed by atoms with Gasteiger partial charge in [-0.1, -0.05) is 145 Å². The summed E-state index contributed by atoms with van der Waals surface area (Å²) >= 11 is 0. The molecule has 0 fully saturated rings. The molecule has 1 aliphatic carbocycles. The van der Waals surface area contributed by atoms with Crippen LogP contribution in [0.1, 0.15) is 48.3 Å². The van der Waals surface area contributed by atoms with Crippen molar-refractivity contribution in [1.29, 1.82) is 0 Å². The van der Waals surface area contributed by atoms with Crippen LogP contribution in [0.25, 0.3) is 66.1 Å². The number of hydrogen-bond acceptors (Lipinski definition) is 2. The molecular weight excluding hydrogens is 597 g/mol. The van der Waals surface area contributed by atoms with E-state index in [1.165, 1.54) is 0 Å². The van der Waals surface area contributed by atoms with Gasteiger partial charge in [0.15, 0.2) is 0 Å². The third-order valence-electron chi connectivity index (χ3n) is 9.35. The minimum Gasteiger partial charge on any atom is -0.457 e. The molecule has 1 aromatic heterocycles. The molecule has 0 radical (unpaired) electrons. The maximum absolute atomic E-state index is 10.0. The molecule has 0 saturated heterocycles. The highest BCUT2D eigenvalue weighted by molar-refractivity contribution is 6.23. The number of hydrogen-bond donors (Lipinski definition) is 0. The molecule has 0 bridgehead atoms. The Hall–Kier alpha value is -6.38. The number of para-hydroxylation sites is 1. The van der Waals surface area contributed by atoms with Gasteiger partial charge in [-0.15, -0.1) is 0 Å². The summed E-state index contributed by atoms with van der Waals surface area (Å²) in [5, 5.41) is 2.60. The van der Waals surface area contributed by atoms with Gasteiger partial charge in [-0.2, -0.15) is 0 Å². The van der Waals surface area contributed by atoms with Gasteiger partial charge in [0, 0.05) is 21.9 Å². The highest BCUT2D eigenvalue weighted by Gasteiger charge is 2.50. The Morgan fingerprint density at radius 2 is 1.10 bits per heavy atom. The van der Waals surface area contributed by atoms with E-state index in [2.05, 4.69) is 0 Å². The summed E-state index contributed by atoms with van der Waals surface area (Å²) in [4.78, 5) is 0. The van der Waals surface area contributed by atoms with Gasteiger partial charge in [-0.25, -0.2) is 0 Å². The van der Waals surface area contributed by atoms with E-state index in [0.717, 1.165) is 10.8 Å². The summed E-state index contributed by atoms with van der Waals surface area (Å²) in [5.41, 5.74) is -6.27. The van der Waals surface area contributed by atoms with Gasteiger partial charge in [0.05, 0.1) is 31.5 Å². The average molecular weight is 644 g/mol. The molecule has 9 aromatic rings. The van der Waals surface area contributed by atoms with Crippen molar-refractivity contribution in [2.75, 3.05) is 0 Å². The van der Waals surface area contributed by atoms with E-state index in [9.17, 15) is 11.0 Å². The second-order valence-corrected chi connectivity index (χ2v) is 11.7. The van der Waals surface area contributed by atoms with Crippen molar-refractivity contribution < 1.29 is 35.2 Å². The molecule has 2 heterocycles. The summed E-state index contributed by atoms with van der Waals surface area (Å²) in [7, 11) is 0. The molecule has 2 aliphatic rings. The number of benzene rings is 8. The second-order valence-electron chi connectivity index (χ2n) is 11.7. The number of rotatable bonds is 2. The van der Waals surface area contributed by atoms with Crippen LogP contribution in [0.2, 0.25) is 0 Å². The van der Waals surface area contributed by atoms with Gasteiger partial charge >= 0.3 is 0 Å². The van der Waals surface area contributed by atoms with E-state index in [1.54, 1.807) is 24.3 Å². The zero-order valence-electron chi connectivity index (χ0n) is 44.0. The first kappa shape index (κ1) is 14.4. The lowest BCUT2D eigenvalue weighted by Gasteiger charge is -2.39. The predicted octanol–water partition coefficient (Wildman–Crippen LogP) is 12.5. The van der Waals surface area contributed by atoms with E-state index in [4.69, 9.17) is 24.2 Å². The Bertz CT molecular complexity index is 3830. The van der Waals surface area contributed by atoms with E-state index in [-0.39, 0.29) is 11.1 Å². The summed E-state index contributed by atoms with van der Waals surface area (Å²) in [6.07, 6.45) is 0. The van der Waals surface area contributed by atoms with Gasteiger partial charge < -0.3 is 9.15 Å². The molecular formula is C47H28O2. The average Bonchev–Trinajstić information content (AvgIpc) is 3.87. The summed E-state index contributed by atoms with van der Waals surface area (Å²) in [6, 6.07) is 0.434. The first-order valence-electron chi connectivity index (χ1n) is 24.8. The SMILES string of the molecule is [2H]c1c([2H])c([2H])c2c(c1[2H])Oc1c([2H])c(-c3c([2H])c([2H])c([2H])c([2H])c3-c3cccc4oc5ccc6ccccc6c5c34)c([2H])c([2H])c1C21c2c([2H])c([2H])c([2H])c([2H])c2-c2c([2H])c([2H])c([2H])c([2H])c21. The number of furan rings is 1. The molecule has 1 aliphatic heterocycles. The van der Waals surface area contributed by atoms with Crippen LogP contribution >= 0.6 is 0 Å². The highest BCUT2D eigenvalue weighted by Crippen LogP contribution is 2.62. The molecule has 228 valence electrons. The summed E-state index contributed by atoms with van der Waals surface area (Å²) in [5.74, 6) is -1.47. The fourth-order valence-electron chi connectivity index (χ4n) is 7.41. The zero-order valence-corrected chi connectivity index (χ0v) is 25.0. The topological polar surface area (TPSA) is 22.4 Å². The Morgan fingerprint density at radius 3 is 1.92 bits per heavy atom. The molecule has 11 rings (SSSR count). The lowest BCUT2D eigenvalue weighted by molar-refractivity contribution is 0.436. The fourth-order valence-corrected chi connectivity index (χ4v) is 7.41. The van der Waals surface area contributed by atoms with Crippen LogP contribution < -0.4 is 4.74 Å².